The van der Waals surface area contributed by atoms with Crippen molar-refractivity contribution in [1.82, 2.24) is 19.9 Å². The van der Waals surface area contributed by atoms with Gasteiger partial charge in [0, 0.05) is 5.56 Å². The van der Waals surface area contributed by atoms with E-state index in [0.717, 1.165) is 21.1 Å². The number of hydrogen-bond acceptors (Lipinski definition) is 5. The van der Waals surface area contributed by atoms with E-state index < -0.39 is 0 Å². The van der Waals surface area contributed by atoms with E-state index in [2.05, 4.69) is 15.2 Å². The lowest BCUT2D eigenvalue weighted by Gasteiger charge is -1.96. The molecule has 0 radical (unpaired) electrons. The van der Waals surface area contributed by atoms with Gasteiger partial charge < -0.3 is 5.84 Å². The summed E-state index contributed by atoms with van der Waals surface area (Å²) in [6, 6.07) is 10.0. The standard InChI is InChI=1S/C12H11N5S2/c1-7-9(10-15-16-12(18)17(10)13)19-11(14-7)8-5-3-2-4-6-8/h2-6H,13H2,1H3,(H,16,18). The molecule has 0 saturated heterocycles. The Morgan fingerprint density at radius 1 is 1.32 bits per heavy atom. The molecular weight excluding hydrogens is 278 g/mol. The van der Waals surface area contributed by atoms with Crippen molar-refractivity contribution in [3.8, 4) is 21.3 Å². The Morgan fingerprint density at radius 2 is 2.05 bits per heavy atom. The van der Waals surface area contributed by atoms with Crippen molar-refractivity contribution in [2.45, 2.75) is 6.92 Å². The number of nitrogens with zero attached hydrogens (tertiary/aromatic N) is 3. The van der Waals surface area contributed by atoms with Crippen LogP contribution in [0.5, 0.6) is 0 Å². The summed E-state index contributed by atoms with van der Waals surface area (Å²) in [5, 5.41) is 7.77. The fourth-order valence-electron chi connectivity index (χ4n) is 1.77. The maximum Gasteiger partial charge on any atom is 0.214 e. The molecule has 0 aliphatic rings. The average molecular weight is 289 g/mol. The highest BCUT2D eigenvalue weighted by atomic mass is 32.1. The molecule has 5 nitrogen and oxygen atoms in total. The van der Waals surface area contributed by atoms with Crippen LogP contribution in [0.3, 0.4) is 0 Å². The first-order valence-corrected chi connectivity index (χ1v) is 6.85. The fraction of sp³-hybridized carbons (Fsp3) is 0.0833. The molecule has 1 aromatic carbocycles. The summed E-state index contributed by atoms with van der Waals surface area (Å²) in [4.78, 5) is 5.49. The monoisotopic (exact) mass is 289 g/mol. The third-order valence-electron chi connectivity index (χ3n) is 2.72. The van der Waals surface area contributed by atoms with E-state index in [-0.39, 0.29) is 0 Å². The Balaban J connectivity index is 2.13. The van der Waals surface area contributed by atoms with Gasteiger partial charge in [0.25, 0.3) is 0 Å². The molecule has 19 heavy (non-hydrogen) atoms. The second-order valence-corrected chi connectivity index (χ2v) is 5.41. The number of nitrogen functional groups attached to an aromatic ring is 1. The summed E-state index contributed by atoms with van der Waals surface area (Å²) < 4.78 is 1.76. The van der Waals surface area contributed by atoms with Gasteiger partial charge in [-0.05, 0) is 19.1 Å². The van der Waals surface area contributed by atoms with Crippen LogP contribution in [-0.4, -0.2) is 19.9 Å². The third-order valence-corrected chi connectivity index (χ3v) is 4.22. The van der Waals surface area contributed by atoms with Crippen molar-refractivity contribution < 1.29 is 0 Å². The van der Waals surface area contributed by atoms with Crippen LogP contribution in [0.25, 0.3) is 21.3 Å². The maximum absolute atomic E-state index is 5.85. The summed E-state index contributed by atoms with van der Waals surface area (Å²) in [5.74, 6) is 6.46. The van der Waals surface area contributed by atoms with Gasteiger partial charge in [0.1, 0.15) is 5.01 Å². The zero-order valence-corrected chi connectivity index (χ0v) is 11.8. The predicted octanol–water partition coefficient (Wildman–Crippen LogP) is 2.75. The topological polar surface area (TPSA) is 72.5 Å². The minimum atomic E-state index is 0.393. The Hall–Kier alpha value is -1.99. The summed E-state index contributed by atoms with van der Waals surface area (Å²) in [5.41, 5.74) is 1.98. The van der Waals surface area contributed by atoms with Gasteiger partial charge >= 0.3 is 0 Å². The van der Waals surface area contributed by atoms with Crippen molar-refractivity contribution in [2.75, 3.05) is 5.84 Å². The van der Waals surface area contributed by atoms with Gasteiger partial charge in [-0.2, -0.15) is 5.10 Å². The van der Waals surface area contributed by atoms with E-state index in [0.29, 0.717) is 10.6 Å². The number of hydrogen-bond donors (Lipinski definition) is 2. The number of aromatic nitrogens is 4. The van der Waals surface area contributed by atoms with E-state index in [1.165, 1.54) is 4.68 Å². The SMILES string of the molecule is Cc1nc(-c2ccccc2)sc1-c1n[nH]c(=S)n1N. The molecule has 0 aliphatic heterocycles. The van der Waals surface area contributed by atoms with Gasteiger partial charge in [0.05, 0.1) is 10.6 Å². The van der Waals surface area contributed by atoms with Crippen LogP contribution < -0.4 is 5.84 Å². The van der Waals surface area contributed by atoms with Crippen molar-refractivity contribution in [3.63, 3.8) is 0 Å². The predicted molar refractivity (Wildman–Crippen MR) is 78.8 cm³/mol. The third kappa shape index (κ3) is 2.06. The summed E-state index contributed by atoms with van der Waals surface area (Å²) in [6.07, 6.45) is 0. The Morgan fingerprint density at radius 3 is 2.68 bits per heavy atom. The smallest absolute Gasteiger partial charge is 0.214 e. The Bertz CT molecular complexity index is 769. The number of nitrogens with one attached hydrogen (secondary N) is 1. The molecule has 0 bridgehead atoms. The lowest BCUT2D eigenvalue weighted by Crippen LogP contribution is -2.09. The summed E-state index contributed by atoms with van der Waals surface area (Å²) >= 11 is 6.57. The minimum Gasteiger partial charge on any atom is -0.335 e. The lowest BCUT2D eigenvalue weighted by atomic mass is 10.2. The van der Waals surface area contributed by atoms with E-state index >= 15 is 0 Å². The molecule has 0 aliphatic carbocycles. The van der Waals surface area contributed by atoms with Crippen molar-refractivity contribution >= 4 is 23.6 Å². The van der Waals surface area contributed by atoms with Crippen molar-refractivity contribution in [3.05, 3.63) is 40.8 Å². The molecule has 7 heteroatoms. The van der Waals surface area contributed by atoms with Gasteiger partial charge in [-0.1, -0.05) is 30.3 Å². The molecule has 3 rings (SSSR count). The number of aromatic amines is 1. The van der Waals surface area contributed by atoms with Crippen LogP contribution in [-0.2, 0) is 0 Å². The van der Waals surface area contributed by atoms with Crippen LogP contribution in [0.4, 0.5) is 0 Å². The van der Waals surface area contributed by atoms with E-state index in [4.69, 9.17) is 18.1 Å². The van der Waals surface area contributed by atoms with E-state index in [1.807, 2.05) is 37.3 Å². The molecule has 0 fully saturated rings. The molecule has 0 atom stereocenters. The fourth-order valence-corrected chi connectivity index (χ4v) is 2.96. The van der Waals surface area contributed by atoms with Crippen molar-refractivity contribution in [1.29, 1.82) is 0 Å². The number of benzene rings is 1. The van der Waals surface area contributed by atoms with Gasteiger partial charge in [-0.25, -0.2) is 14.8 Å². The van der Waals surface area contributed by atoms with Crippen LogP contribution in [0, 0.1) is 11.7 Å². The Labute approximate surface area is 118 Å². The van der Waals surface area contributed by atoms with E-state index in [1.54, 1.807) is 11.3 Å². The maximum atomic E-state index is 5.85. The van der Waals surface area contributed by atoms with Crippen LogP contribution >= 0.6 is 23.6 Å². The van der Waals surface area contributed by atoms with Crippen LogP contribution in [0.1, 0.15) is 5.69 Å². The summed E-state index contributed by atoms with van der Waals surface area (Å²) in [6.45, 7) is 1.94. The minimum absolute atomic E-state index is 0.393. The zero-order valence-electron chi connectivity index (χ0n) is 10.1. The number of aryl methyl sites for hydroxylation is 1. The number of H-pyrrole nitrogens is 1. The first-order valence-electron chi connectivity index (χ1n) is 5.62. The Kier molecular flexibility index (Phi) is 2.92. The molecular formula is C12H11N5S2. The quantitative estimate of drug-likeness (QED) is 0.562. The van der Waals surface area contributed by atoms with Crippen LogP contribution in [0.2, 0.25) is 0 Å². The molecule has 3 aromatic rings. The van der Waals surface area contributed by atoms with Gasteiger partial charge in [0.15, 0.2) is 5.82 Å². The molecule has 3 N–H and O–H groups in total. The highest BCUT2D eigenvalue weighted by Gasteiger charge is 2.15. The van der Waals surface area contributed by atoms with Gasteiger partial charge in [-0.15, -0.1) is 11.3 Å². The normalized spacial score (nSPS) is 10.8. The van der Waals surface area contributed by atoms with Gasteiger partial charge in [-0.3, -0.25) is 0 Å². The number of thiazole rings is 1. The molecule has 96 valence electrons. The molecule has 2 heterocycles. The molecule has 0 unspecified atom stereocenters. The largest absolute Gasteiger partial charge is 0.335 e. The second kappa shape index (κ2) is 4.60. The number of nitrogens with two attached hydrogens (primary N) is 1. The highest BCUT2D eigenvalue weighted by Crippen LogP contribution is 2.33. The molecule has 0 amide bonds. The van der Waals surface area contributed by atoms with E-state index in [9.17, 15) is 0 Å². The zero-order chi connectivity index (χ0) is 13.4. The molecule has 0 saturated carbocycles. The van der Waals surface area contributed by atoms with Crippen LogP contribution in [0.15, 0.2) is 30.3 Å². The first kappa shape index (κ1) is 12.1. The highest BCUT2D eigenvalue weighted by molar-refractivity contribution is 7.71. The first-order chi connectivity index (χ1) is 9.16. The lowest BCUT2D eigenvalue weighted by molar-refractivity contribution is 0.984. The number of rotatable bonds is 2. The average Bonchev–Trinajstić information content (AvgIpc) is 2.96. The second-order valence-electron chi connectivity index (χ2n) is 4.02. The van der Waals surface area contributed by atoms with Gasteiger partial charge in [0.2, 0.25) is 4.77 Å². The van der Waals surface area contributed by atoms with Crippen molar-refractivity contribution in [2.24, 2.45) is 0 Å². The summed E-state index contributed by atoms with van der Waals surface area (Å²) in [7, 11) is 0. The molecule has 0 spiro atoms. The molecule has 2 aromatic heterocycles.